The first kappa shape index (κ1) is 20.8. The zero-order valence-electron chi connectivity index (χ0n) is 17.9. The van der Waals surface area contributed by atoms with Gasteiger partial charge in [-0.05, 0) is 41.5 Å². The first-order valence-corrected chi connectivity index (χ1v) is 11.6. The summed E-state index contributed by atoms with van der Waals surface area (Å²) in [6, 6.07) is 1.51. The Morgan fingerprint density at radius 2 is 2.06 bits per heavy atom. The minimum atomic E-state index is -4.44. The van der Waals surface area contributed by atoms with E-state index in [9.17, 15) is 18.0 Å². The zero-order valence-corrected chi connectivity index (χ0v) is 18.7. The Hall–Kier alpha value is -2.03. The van der Waals surface area contributed by atoms with Crippen LogP contribution in [0.4, 0.5) is 19.0 Å². The maximum absolute atomic E-state index is 13.9. The number of carbonyl (C=O) groups excluding carboxylic acids is 1. The molecule has 2 bridgehead atoms. The molecular weight excluding hydrogens is 425 g/mol. The van der Waals surface area contributed by atoms with Crippen molar-refractivity contribution in [2.75, 3.05) is 11.9 Å². The van der Waals surface area contributed by atoms with Crippen LogP contribution >= 0.6 is 11.3 Å². The Bertz CT molecular complexity index is 999. The van der Waals surface area contributed by atoms with E-state index in [0.717, 1.165) is 28.8 Å². The van der Waals surface area contributed by atoms with Crippen LogP contribution in [0.25, 0.3) is 0 Å². The number of aromatic nitrogens is 2. The zero-order chi connectivity index (χ0) is 22.2. The van der Waals surface area contributed by atoms with E-state index in [4.69, 9.17) is 0 Å². The highest BCUT2D eigenvalue weighted by Gasteiger charge is 2.52. The molecule has 0 unspecified atom stereocenters. The largest absolute Gasteiger partial charge is 0.410 e. The molecule has 31 heavy (non-hydrogen) atoms. The fourth-order valence-electron chi connectivity index (χ4n) is 6.25. The number of nitrogens with zero attached hydrogens (tertiary/aromatic N) is 3. The van der Waals surface area contributed by atoms with Gasteiger partial charge < -0.3 is 10.2 Å². The molecule has 4 atom stereocenters. The van der Waals surface area contributed by atoms with E-state index in [1.54, 1.807) is 0 Å². The van der Waals surface area contributed by atoms with Gasteiger partial charge in [0, 0.05) is 23.9 Å². The van der Waals surface area contributed by atoms with Crippen LogP contribution in [0.5, 0.6) is 0 Å². The average molecular weight is 453 g/mol. The minimum Gasteiger partial charge on any atom is -0.362 e. The molecule has 1 aliphatic carbocycles. The Morgan fingerprint density at radius 1 is 1.29 bits per heavy atom. The molecule has 2 fully saturated rings. The fourth-order valence-corrected chi connectivity index (χ4v) is 7.04. The first-order chi connectivity index (χ1) is 14.5. The Morgan fingerprint density at radius 3 is 2.74 bits per heavy atom. The molecule has 0 spiro atoms. The van der Waals surface area contributed by atoms with Crippen molar-refractivity contribution >= 4 is 23.1 Å². The van der Waals surface area contributed by atoms with Crippen LogP contribution in [0.15, 0.2) is 23.7 Å². The van der Waals surface area contributed by atoms with Gasteiger partial charge >= 0.3 is 6.18 Å². The summed E-state index contributed by atoms with van der Waals surface area (Å²) in [5.74, 6) is -0.0317. The van der Waals surface area contributed by atoms with Gasteiger partial charge in [0.2, 0.25) is 0 Å². The number of thiophene rings is 1. The highest BCUT2D eigenvalue weighted by atomic mass is 32.1. The third-order valence-corrected chi connectivity index (χ3v) is 8.02. The Kier molecular flexibility index (Phi) is 4.53. The molecule has 1 saturated carbocycles. The van der Waals surface area contributed by atoms with E-state index < -0.39 is 18.3 Å². The lowest BCUT2D eigenvalue weighted by molar-refractivity contribution is -0.173. The predicted molar refractivity (Wildman–Crippen MR) is 113 cm³/mol. The molecule has 1 N–H and O–H groups in total. The van der Waals surface area contributed by atoms with Gasteiger partial charge in [-0.15, -0.1) is 11.3 Å². The highest BCUT2D eigenvalue weighted by Crippen LogP contribution is 2.53. The van der Waals surface area contributed by atoms with Gasteiger partial charge in [0.05, 0.1) is 12.2 Å². The lowest BCUT2D eigenvalue weighted by atomic mass is 9.65. The SMILES string of the molecule is CC1(C)C[C@H]2C[C@@](C)(CN2C(=O)c2cnn3c2N[C@H](c2cccs2)C[C@@H]3C(F)(F)F)C1. The number of nitrogens with one attached hydrogen (secondary N) is 1. The van der Waals surface area contributed by atoms with E-state index in [0.29, 0.717) is 6.54 Å². The summed E-state index contributed by atoms with van der Waals surface area (Å²) in [4.78, 5) is 16.3. The van der Waals surface area contributed by atoms with Gasteiger partial charge in [-0.3, -0.25) is 4.79 Å². The summed E-state index contributed by atoms with van der Waals surface area (Å²) < 4.78 is 42.6. The number of hydrogen-bond donors (Lipinski definition) is 1. The molecule has 5 nitrogen and oxygen atoms in total. The number of alkyl halides is 3. The lowest BCUT2D eigenvalue weighted by Crippen LogP contribution is -2.39. The standard InChI is InChI=1S/C22H27F3N4OS/c1-20(2)8-13-9-21(3,11-20)12-28(13)19(30)14-10-26-29-17(22(23,24)25)7-15(27-18(14)29)16-5-4-6-31-16/h4-6,10,13,15,17,27H,7-9,11-12H2,1-3H3/t13-,15-,17+,21+/m0/s1. The summed E-state index contributed by atoms with van der Waals surface area (Å²) in [6.07, 6.45) is -0.376. The second-order valence-electron chi connectivity index (χ2n) is 10.5. The van der Waals surface area contributed by atoms with E-state index in [2.05, 4.69) is 31.2 Å². The highest BCUT2D eigenvalue weighted by molar-refractivity contribution is 7.10. The Labute approximate surface area is 183 Å². The van der Waals surface area contributed by atoms with E-state index in [1.807, 2.05) is 22.4 Å². The fraction of sp³-hybridized carbons (Fsp3) is 0.636. The molecule has 2 aromatic heterocycles. The smallest absolute Gasteiger partial charge is 0.362 e. The van der Waals surface area contributed by atoms with Crippen molar-refractivity contribution in [3.63, 3.8) is 0 Å². The normalized spacial score (nSPS) is 31.9. The number of likely N-dealkylation sites (tertiary alicyclic amines) is 1. The molecule has 2 aliphatic heterocycles. The molecule has 4 heterocycles. The number of anilines is 1. The molecule has 1 amide bonds. The number of fused-ring (bicyclic) bond motifs is 3. The molecule has 1 saturated heterocycles. The topological polar surface area (TPSA) is 50.2 Å². The summed E-state index contributed by atoms with van der Waals surface area (Å²) >= 11 is 1.42. The van der Waals surface area contributed by atoms with Crippen LogP contribution in [0.1, 0.15) is 73.8 Å². The summed E-state index contributed by atoms with van der Waals surface area (Å²) in [7, 11) is 0. The van der Waals surface area contributed by atoms with Crippen LogP contribution in [-0.4, -0.2) is 39.4 Å². The maximum atomic E-state index is 13.9. The van der Waals surface area contributed by atoms with Crippen molar-refractivity contribution in [1.82, 2.24) is 14.7 Å². The number of hydrogen-bond acceptors (Lipinski definition) is 4. The molecule has 168 valence electrons. The quantitative estimate of drug-likeness (QED) is 0.641. The number of rotatable bonds is 2. The second-order valence-corrected chi connectivity index (χ2v) is 11.5. The number of carbonyl (C=O) groups is 1. The van der Waals surface area contributed by atoms with Crippen molar-refractivity contribution in [2.24, 2.45) is 10.8 Å². The van der Waals surface area contributed by atoms with Crippen LogP contribution in [0.2, 0.25) is 0 Å². The molecule has 9 heteroatoms. The van der Waals surface area contributed by atoms with Crippen LogP contribution < -0.4 is 5.32 Å². The van der Waals surface area contributed by atoms with Gasteiger partial charge in [-0.25, -0.2) is 4.68 Å². The van der Waals surface area contributed by atoms with Crippen molar-refractivity contribution in [3.8, 4) is 0 Å². The van der Waals surface area contributed by atoms with Crippen molar-refractivity contribution in [3.05, 3.63) is 34.2 Å². The van der Waals surface area contributed by atoms with Crippen molar-refractivity contribution < 1.29 is 18.0 Å². The van der Waals surface area contributed by atoms with Gasteiger partial charge in [-0.2, -0.15) is 18.3 Å². The van der Waals surface area contributed by atoms with Crippen LogP contribution in [-0.2, 0) is 0 Å². The van der Waals surface area contributed by atoms with Gasteiger partial charge in [-0.1, -0.05) is 26.8 Å². The van der Waals surface area contributed by atoms with Crippen molar-refractivity contribution in [1.29, 1.82) is 0 Å². The number of halogens is 3. The van der Waals surface area contributed by atoms with Crippen molar-refractivity contribution in [2.45, 2.75) is 70.8 Å². The molecular formula is C22H27F3N4OS. The molecule has 2 aromatic rings. The number of amides is 1. The summed E-state index contributed by atoms with van der Waals surface area (Å²) in [6.45, 7) is 7.32. The maximum Gasteiger partial charge on any atom is 0.410 e. The van der Waals surface area contributed by atoms with Gasteiger partial charge in [0.15, 0.2) is 6.04 Å². The van der Waals surface area contributed by atoms with Gasteiger partial charge in [0.1, 0.15) is 11.4 Å². The van der Waals surface area contributed by atoms with E-state index >= 15 is 0 Å². The third kappa shape index (κ3) is 3.54. The van der Waals surface area contributed by atoms with Crippen LogP contribution in [0, 0.1) is 10.8 Å². The minimum absolute atomic E-state index is 0.0523. The second kappa shape index (κ2) is 6.73. The average Bonchev–Trinajstić information content (AvgIpc) is 3.36. The summed E-state index contributed by atoms with van der Waals surface area (Å²) in [5, 5.41) is 9.09. The van der Waals surface area contributed by atoms with E-state index in [1.165, 1.54) is 17.5 Å². The Balaban J connectivity index is 1.50. The summed E-state index contributed by atoms with van der Waals surface area (Å²) in [5.41, 5.74) is 0.440. The molecule has 0 radical (unpaired) electrons. The molecule has 0 aromatic carbocycles. The van der Waals surface area contributed by atoms with Crippen LogP contribution in [0.3, 0.4) is 0 Å². The lowest BCUT2D eigenvalue weighted by Gasteiger charge is -2.39. The first-order valence-electron chi connectivity index (χ1n) is 10.7. The monoisotopic (exact) mass is 452 g/mol. The predicted octanol–water partition coefficient (Wildman–Crippen LogP) is 5.65. The molecule has 3 aliphatic rings. The van der Waals surface area contributed by atoms with E-state index in [-0.39, 0.29) is 40.6 Å². The third-order valence-electron chi connectivity index (χ3n) is 7.03. The van der Waals surface area contributed by atoms with Gasteiger partial charge in [0.25, 0.3) is 5.91 Å². The molecule has 5 rings (SSSR count).